The molecule has 0 unspecified atom stereocenters. The predicted octanol–water partition coefficient (Wildman–Crippen LogP) is 4.64. The van der Waals surface area contributed by atoms with E-state index >= 15 is 0 Å². The SMILES string of the molecule is CN(C(=O)OC(C)(C)C)C1CCC(c2c(F)cc3c(c2F)CCN3)CC1.O=C1CCCC(=O)N1. The van der Waals surface area contributed by atoms with E-state index in [0.717, 1.165) is 0 Å². The molecule has 1 saturated heterocycles. The van der Waals surface area contributed by atoms with Gasteiger partial charge >= 0.3 is 6.09 Å². The Morgan fingerprint density at radius 3 is 2.21 bits per heavy atom. The molecule has 2 heterocycles. The number of halogens is 2. The Labute approximate surface area is 199 Å². The fourth-order valence-corrected chi connectivity index (χ4v) is 4.70. The molecule has 2 fully saturated rings. The van der Waals surface area contributed by atoms with Crippen molar-refractivity contribution in [2.24, 2.45) is 0 Å². The summed E-state index contributed by atoms with van der Waals surface area (Å²) in [6.07, 6.45) is 4.74. The number of imide groups is 1. The molecule has 188 valence electrons. The second-order valence-electron chi connectivity index (χ2n) is 10.2. The van der Waals surface area contributed by atoms with Crippen molar-refractivity contribution < 1.29 is 27.9 Å². The molecular weight excluding hydrogens is 444 g/mol. The van der Waals surface area contributed by atoms with E-state index in [0.29, 0.717) is 69.2 Å². The largest absolute Gasteiger partial charge is 0.444 e. The normalized spacial score (nSPS) is 22.1. The molecule has 1 aliphatic carbocycles. The molecule has 0 aromatic heterocycles. The molecule has 0 bridgehead atoms. The molecule has 34 heavy (non-hydrogen) atoms. The number of benzene rings is 1. The highest BCUT2D eigenvalue weighted by atomic mass is 19.1. The van der Waals surface area contributed by atoms with Crippen molar-refractivity contribution in [3.63, 3.8) is 0 Å². The van der Waals surface area contributed by atoms with Gasteiger partial charge in [0, 0.05) is 49.3 Å². The summed E-state index contributed by atoms with van der Waals surface area (Å²) < 4.78 is 34.7. The Bertz CT molecular complexity index is 923. The molecule has 0 radical (unpaired) electrons. The van der Waals surface area contributed by atoms with Crippen molar-refractivity contribution >= 4 is 23.6 Å². The maximum absolute atomic E-state index is 14.8. The van der Waals surface area contributed by atoms with Crippen LogP contribution in [0.1, 0.15) is 82.8 Å². The molecule has 2 aliphatic heterocycles. The van der Waals surface area contributed by atoms with Crippen LogP contribution in [0.15, 0.2) is 6.07 Å². The number of rotatable bonds is 2. The van der Waals surface area contributed by atoms with Crippen LogP contribution < -0.4 is 10.6 Å². The Kier molecular flexibility index (Phi) is 8.15. The van der Waals surface area contributed by atoms with Gasteiger partial charge in [0.15, 0.2) is 0 Å². The lowest BCUT2D eigenvalue weighted by atomic mass is 9.80. The van der Waals surface area contributed by atoms with Gasteiger partial charge in [-0.05, 0) is 71.3 Å². The van der Waals surface area contributed by atoms with E-state index in [2.05, 4.69) is 10.6 Å². The molecule has 1 aromatic rings. The number of nitrogens with one attached hydrogen (secondary N) is 2. The fourth-order valence-electron chi connectivity index (χ4n) is 4.70. The molecule has 9 heteroatoms. The first-order chi connectivity index (χ1) is 16.0. The van der Waals surface area contributed by atoms with E-state index < -0.39 is 11.4 Å². The zero-order chi connectivity index (χ0) is 25.0. The Balaban J connectivity index is 0.000000343. The maximum atomic E-state index is 14.8. The number of nitrogens with zero attached hydrogens (tertiary/aromatic N) is 1. The van der Waals surface area contributed by atoms with E-state index in [1.54, 1.807) is 11.9 Å². The molecule has 2 N–H and O–H groups in total. The van der Waals surface area contributed by atoms with Crippen LogP contribution in [-0.4, -0.2) is 48.0 Å². The summed E-state index contributed by atoms with van der Waals surface area (Å²) in [6, 6.07) is 1.47. The van der Waals surface area contributed by atoms with Crippen molar-refractivity contribution in [2.75, 3.05) is 18.9 Å². The van der Waals surface area contributed by atoms with Gasteiger partial charge in [-0.25, -0.2) is 13.6 Å². The first-order valence-electron chi connectivity index (χ1n) is 12.0. The highest BCUT2D eigenvalue weighted by Crippen LogP contribution is 2.40. The highest BCUT2D eigenvalue weighted by Gasteiger charge is 2.33. The number of carbonyl (C=O) groups excluding carboxylic acids is 3. The van der Waals surface area contributed by atoms with Gasteiger partial charge in [-0.3, -0.25) is 14.9 Å². The third-order valence-corrected chi connectivity index (χ3v) is 6.47. The average molecular weight is 480 g/mol. The van der Waals surface area contributed by atoms with Crippen molar-refractivity contribution in [3.8, 4) is 0 Å². The second-order valence-corrected chi connectivity index (χ2v) is 10.2. The smallest absolute Gasteiger partial charge is 0.410 e. The van der Waals surface area contributed by atoms with Gasteiger partial charge < -0.3 is 15.0 Å². The third kappa shape index (κ3) is 6.45. The van der Waals surface area contributed by atoms with Crippen LogP contribution in [0.5, 0.6) is 0 Å². The van der Waals surface area contributed by atoms with Gasteiger partial charge in [0.2, 0.25) is 11.8 Å². The van der Waals surface area contributed by atoms with Gasteiger partial charge in [0.25, 0.3) is 0 Å². The lowest BCUT2D eigenvalue weighted by Gasteiger charge is -2.36. The zero-order valence-electron chi connectivity index (χ0n) is 20.4. The number of anilines is 1. The average Bonchev–Trinajstić information content (AvgIpc) is 3.21. The van der Waals surface area contributed by atoms with E-state index in [1.807, 2.05) is 20.8 Å². The minimum atomic E-state index is -0.534. The van der Waals surface area contributed by atoms with Crippen LogP contribution in [0.25, 0.3) is 0 Å². The quantitative estimate of drug-likeness (QED) is 0.604. The molecule has 1 aromatic carbocycles. The van der Waals surface area contributed by atoms with E-state index in [9.17, 15) is 23.2 Å². The fraction of sp³-hybridized carbons (Fsp3) is 0.640. The topological polar surface area (TPSA) is 87.7 Å². The number of fused-ring (bicyclic) bond motifs is 1. The van der Waals surface area contributed by atoms with Crippen LogP contribution in [-0.2, 0) is 20.7 Å². The van der Waals surface area contributed by atoms with Gasteiger partial charge in [0.05, 0.1) is 0 Å². The molecule has 0 atom stereocenters. The minimum absolute atomic E-state index is 0.0447. The van der Waals surface area contributed by atoms with Crippen molar-refractivity contribution in [1.82, 2.24) is 10.2 Å². The first-order valence-corrected chi connectivity index (χ1v) is 12.0. The van der Waals surface area contributed by atoms with Gasteiger partial charge in [-0.1, -0.05) is 0 Å². The summed E-state index contributed by atoms with van der Waals surface area (Å²) in [5.41, 5.74) is 0.884. The van der Waals surface area contributed by atoms with E-state index in [-0.39, 0.29) is 41.2 Å². The zero-order valence-corrected chi connectivity index (χ0v) is 20.4. The summed E-state index contributed by atoms with van der Waals surface area (Å²) >= 11 is 0. The van der Waals surface area contributed by atoms with Crippen LogP contribution in [0.3, 0.4) is 0 Å². The Morgan fingerprint density at radius 2 is 1.68 bits per heavy atom. The minimum Gasteiger partial charge on any atom is -0.444 e. The molecular formula is C25H35F2N3O4. The molecule has 4 rings (SSSR count). The highest BCUT2D eigenvalue weighted by molar-refractivity contribution is 5.97. The summed E-state index contributed by atoms with van der Waals surface area (Å²) in [6.45, 7) is 6.17. The van der Waals surface area contributed by atoms with Crippen molar-refractivity contribution in [2.45, 2.75) is 89.7 Å². The molecule has 3 aliphatic rings. The molecule has 0 spiro atoms. The van der Waals surface area contributed by atoms with Crippen molar-refractivity contribution in [3.05, 3.63) is 28.8 Å². The molecule has 1 saturated carbocycles. The monoisotopic (exact) mass is 479 g/mol. The molecule has 7 nitrogen and oxygen atoms in total. The van der Waals surface area contributed by atoms with Crippen LogP contribution in [0.4, 0.5) is 19.3 Å². The van der Waals surface area contributed by atoms with E-state index in [4.69, 9.17) is 4.74 Å². The number of carbonyl (C=O) groups is 3. The number of hydrogen-bond acceptors (Lipinski definition) is 5. The van der Waals surface area contributed by atoms with Crippen molar-refractivity contribution in [1.29, 1.82) is 0 Å². The number of piperidine rings is 1. The lowest BCUT2D eigenvalue weighted by molar-refractivity contribution is -0.132. The Hall–Kier alpha value is -2.71. The second kappa shape index (κ2) is 10.7. The number of hydrogen-bond donors (Lipinski definition) is 2. The lowest BCUT2D eigenvalue weighted by Crippen LogP contribution is -2.42. The van der Waals surface area contributed by atoms with Gasteiger partial charge in [0.1, 0.15) is 17.2 Å². The maximum Gasteiger partial charge on any atom is 0.410 e. The van der Waals surface area contributed by atoms with Crippen LogP contribution >= 0.6 is 0 Å². The first kappa shape index (κ1) is 25.9. The van der Waals surface area contributed by atoms with Gasteiger partial charge in [-0.15, -0.1) is 0 Å². The summed E-state index contributed by atoms with van der Waals surface area (Å²) in [7, 11) is 1.74. The van der Waals surface area contributed by atoms with E-state index in [1.165, 1.54) is 6.07 Å². The standard InChI is InChI=1S/C20H28F2N2O2.C5H7NO2/c1-20(2,3)26-19(25)24(4)13-7-5-12(6-8-13)17-15(21)11-16-14(18(17)22)9-10-23-16;7-4-2-1-3-5(8)6-4/h11-13,23H,5-10H2,1-4H3;1-3H2,(H,6,7,8). The molecule has 3 amide bonds. The summed E-state index contributed by atoms with van der Waals surface area (Å²) in [4.78, 5) is 34.5. The number of amides is 3. The summed E-state index contributed by atoms with van der Waals surface area (Å²) in [5, 5.41) is 5.23. The third-order valence-electron chi connectivity index (χ3n) is 6.47. The number of ether oxygens (including phenoxy) is 1. The Morgan fingerprint density at radius 1 is 1.06 bits per heavy atom. The predicted molar refractivity (Wildman–Crippen MR) is 125 cm³/mol. The van der Waals surface area contributed by atoms with Gasteiger partial charge in [-0.2, -0.15) is 0 Å². The van der Waals surface area contributed by atoms with Crippen LogP contribution in [0.2, 0.25) is 0 Å². The van der Waals surface area contributed by atoms with Crippen LogP contribution in [0, 0.1) is 11.6 Å². The summed E-state index contributed by atoms with van der Waals surface area (Å²) in [5.74, 6) is -1.25.